The number of piperidine rings is 1. The molecule has 98 valence electrons. The highest BCUT2D eigenvalue weighted by atomic mass is 16.1. The molecular formula is C15H27NO. The standard InChI is InChI=1S/C15H27NO/c1-12-4-2-6-14(10-12)15(17)8-7-13-5-3-9-16-11-13/h12-14,16H,2-11H2,1H3. The number of rotatable bonds is 4. The Morgan fingerprint density at radius 3 is 2.82 bits per heavy atom. The Balaban J connectivity index is 1.69. The summed E-state index contributed by atoms with van der Waals surface area (Å²) in [6.45, 7) is 4.60. The first-order chi connectivity index (χ1) is 8.25. The van der Waals surface area contributed by atoms with Gasteiger partial charge in [-0.2, -0.15) is 0 Å². The molecule has 2 nitrogen and oxygen atoms in total. The van der Waals surface area contributed by atoms with Gasteiger partial charge in [-0.1, -0.05) is 19.8 Å². The second-order valence-electron chi connectivity index (χ2n) is 6.19. The monoisotopic (exact) mass is 237 g/mol. The molecular weight excluding hydrogens is 210 g/mol. The smallest absolute Gasteiger partial charge is 0.135 e. The minimum atomic E-state index is 0.398. The molecule has 2 aliphatic rings. The van der Waals surface area contributed by atoms with Gasteiger partial charge >= 0.3 is 0 Å². The molecule has 2 heteroatoms. The maximum absolute atomic E-state index is 12.2. The highest BCUT2D eigenvalue weighted by Crippen LogP contribution is 2.30. The number of carbonyl (C=O) groups is 1. The van der Waals surface area contributed by atoms with Gasteiger partial charge in [-0.3, -0.25) is 4.79 Å². The number of ketones is 1. The Hall–Kier alpha value is -0.370. The van der Waals surface area contributed by atoms with Crippen LogP contribution in [-0.2, 0) is 4.79 Å². The normalized spacial score (nSPS) is 34.5. The number of hydrogen-bond donors (Lipinski definition) is 1. The van der Waals surface area contributed by atoms with Crippen LogP contribution < -0.4 is 5.32 Å². The summed E-state index contributed by atoms with van der Waals surface area (Å²) in [5, 5.41) is 3.43. The maximum atomic E-state index is 12.2. The second-order valence-corrected chi connectivity index (χ2v) is 6.19. The Kier molecular flexibility index (Phi) is 5.02. The van der Waals surface area contributed by atoms with Crippen molar-refractivity contribution in [3.05, 3.63) is 0 Å². The van der Waals surface area contributed by atoms with E-state index in [1.54, 1.807) is 0 Å². The SMILES string of the molecule is CC1CCCC(C(=O)CCC2CCCNC2)C1. The van der Waals surface area contributed by atoms with Crippen molar-refractivity contribution in [3.63, 3.8) is 0 Å². The molecule has 1 saturated heterocycles. The zero-order valence-corrected chi connectivity index (χ0v) is 11.2. The van der Waals surface area contributed by atoms with Gasteiger partial charge in [0.25, 0.3) is 0 Å². The highest BCUT2D eigenvalue weighted by molar-refractivity contribution is 5.81. The molecule has 0 aromatic carbocycles. The summed E-state index contributed by atoms with van der Waals surface area (Å²) in [5.74, 6) is 2.49. The van der Waals surface area contributed by atoms with Crippen molar-refractivity contribution in [2.45, 2.75) is 58.3 Å². The van der Waals surface area contributed by atoms with Gasteiger partial charge in [0, 0.05) is 12.3 Å². The van der Waals surface area contributed by atoms with E-state index < -0.39 is 0 Å². The highest BCUT2D eigenvalue weighted by Gasteiger charge is 2.25. The van der Waals surface area contributed by atoms with Gasteiger partial charge in [0.05, 0.1) is 0 Å². The van der Waals surface area contributed by atoms with Crippen molar-refractivity contribution in [2.24, 2.45) is 17.8 Å². The summed E-state index contributed by atoms with van der Waals surface area (Å²) in [6, 6.07) is 0. The van der Waals surface area contributed by atoms with Crippen molar-refractivity contribution in [3.8, 4) is 0 Å². The summed E-state index contributed by atoms with van der Waals surface area (Å²) >= 11 is 0. The molecule has 2 rings (SSSR count). The fraction of sp³-hybridized carbons (Fsp3) is 0.933. The fourth-order valence-corrected chi connectivity index (χ4v) is 3.45. The van der Waals surface area contributed by atoms with E-state index >= 15 is 0 Å². The van der Waals surface area contributed by atoms with Crippen LogP contribution in [0.3, 0.4) is 0 Å². The average Bonchev–Trinajstić information content (AvgIpc) is 2.37. The van der Waals surface area contributed by atoms with Crippen LogP contribution in [-0.4, -0.2) is 18.9 Å². The Bertz CT molecular complexity index is 245. The number of Topliss-reactive ketones (excluding diaryl/α,β-unsaturated/α-hetero) is 1. The van der Waals surface area contributed by atoms with E-state index in [0.717, 1.165) is 44.1 Å². The van der Waals surface area contributed by atoms with Crippen LogP contribution in [0.15, 0.2) is 0 Å². The summed E-state index contributed by atoms with van der Waals surface area (Å²) < 4.78 is 0. The predicted molar refractivity (Wildman–Crippen MR) is 71.0 cm³/mol. The van der Waals surface area contributed by atoms with Crippen molar-refractivity contribution >= 4 is 5.78 Å². The molecule has 3 atom stereocenters. The minimum Gasteiger partial charge on any atom is -0.316 e. The molecule has 0 radical (unpaired) electrons. The zero-order chi connectivity index (χ0) is 12.1. The Morgan fingerprint density at radius 1 is 1.24 bits per heavy atom. The fourth-order valence-electron chi connectivity index (χ4n) is 3.45. The molecule has 3 unspecified atom stereocenters. The molecule has 17 heavy (non-hydrogen) atoms. The quantitative estimate of drug-likeness (QED) is 0.813. The molecule has 0 amide bonds. The third kappa shape index (κ3) is 4.09. The average molecular weight is 237 g/mol. The largest absolute Gasteiger partial charge is 0.316 e. The van der Waals surface area contributed by atoms with E-state index in [9.17, 15) is 4.79 Å². The van der Waals surface area contributed by atoms with E-state index in [0.29, 0.717) is 11.7 Å². The molecule has 1 aliphatic heterocycles. The van der Waals surface area contributed by atoms with E-state index in [4.69, 9.17) is 0 Å². The van der Waals surface area contributed by atoms with Gasteiger partial charge in [-0.15, -0.1) is 0 Å². The summed E-state index contributed by atoms with van der Waals surface area (Å²) in [5.41, 5.74) is 0. The van der Waals surface area contributed by atoms with Crippen LogP contribution in [0.1, 0.15) is 58.3 Å². The van der Waals surface area contributed by atoms with Gasteiger partial charge in [-0.05, 0) is 57.0 Å². The van der Waals surface area contributed by atoms with Crippen molar-refractivity contribution in [1.82, 2.24) is 5.32 Å². The van der Waals surface area contributed by atoms with E-state index in [1.165, 1.54) is 32.2 Å². The molecule has 1 aliphatic carbocycles. The van der Waals surface area contributed by atoms with Crippen LogP contribution in [0.4, 0.5) is 0 Å². The first-order valence-electron chi connectivity index (χ1n) is 7.49. The van der Waals surface area contributed by atoms with Gasteiger partial charge < -0.3 is 5.32 Å². The summed E-state index contributed by atoms with van der Waals surface area (Å²) in [6.07, 6.45) is 9.48. The molecule has 0 aromatic rings. The molecule has 0 spiro atoms. The lowest BCUT2D eigenvalue weighted by Gasteiger charge is -2.27. The first-order valence-corrected chi connectivity index (χ1v) is 7.49. The van der Waals surface area contributed by atoms with Crippen LogP contribution in [0.25, 0.3) is 0 Å². The van der Waals surface area contributed by atoms with Crippen molar-refractivity contribution in [1.29, 1.82) is 0 Å². The topological polar surface area (TPSA) is 29.1 Å². The molecule has 1 heterocycles. The lowest BCUT2D eigenvalue weighted by molar-refractivity contribution is -0.124. The lowest BCUT2D eigenvalue weighted by atomic mass is 9.78. The van der Waals surface area contributed by atoms with Crippen LogP contribution >= 0.6 is 0 Å². The maximum Gasteiger partial charge on any atom is 0.135 e. The van der Waals surface area contributed by atoms with E-state index in [2.05, 4.69) is 12.2 Å². The molecule has 0 bridgehead atoms. The second kappa shape index (κ2) is 6.53. The summed E-state index contributed by atoms with van der Waals surface area (Å²) in [4.78, 5) is 12.2. The third-order valence-electron chi connectivity index (χ3n) is 4.59. The first kappa shape index (κ1) is 13.1. The number of nitrogens with one attached hydrogen (secondary N) is 1. The minimum absolute atomic E-state index is 0.398. The van der Waals surface area contributed by atoms with E-state index in [1.807, 2.05) is 0 Å². The number of carbonyl (C=O) groups excluding carboxylic acids is 1. The molecule has 2 fully saturated rings. The van der Waals surface area contributed by atoms with Gasteiger partial charge in [0.2, 0.25) is 0 Å². The Morgan fingerprint density at radius 2 is 2.12 bits per heavy atom. The van der Waals surface area contributed by atoms with Gasteiger partial charge in [0.15, 0.2) is 0 Å². The predicted octanol–water partition coefficient (Wildman–Crippen LogP) is 3.16. The zero-order valence-electron chi connectivity index (χ0n) is 11.2. The van der Waals surface area contributed by atoms with Crippen molar-refractivity contribution < 1.29 is 4.79 Å². The Labute approximate surface area is 106 Å². The lowest BCUT2D eigenvalue weighted by Crippen LogP contribution is -2.30. The molecule has 1 N–H and O–H groups in total. The van der Waals surface area contributed by atoms with E-state index in [-0.39, 0.29) is 0 Å². The third-order valence-corrected chi connectivity index (χ3v) is 4.59. The van der Waals surface area contributed by atoms with Crippen LogP contribution in [0.5, 0.6) is 0 Å². The van der Waals surface area contributed by atoms with Gasteiger partial charge in [0.1, 0.15) is 5.78 Å². The molecule has 0 aromatic heterocycles. The van der Waals surface area contributed by atoms with Gasteiger partial charge in [-0.25, -0.2) is 0 Å². The molecule has 1 saturated carbocycles. The van der Waals surface area contributed by atoms with Crippen LogP contribution in [0.2, 0.25) is 0 Å². The van der Waals surface area contributed by atoms with Crippen LogP contribution in [0, 0.1) is 17.8 Å². The number of hydrogen-bond acceptors (Lipinski definition) is 2. The van der Waals surface area contributed by atoms with Crippen molar-refractivity contribution in [2.75, 3.05) is 13.1 Å². The summed E-state index contributed by atoms with van der Waals surface area (Å²) in [7, 11) is 0.